The van der Waals surface area contributed by atoms with Crippen LogP contribution in [0.15, 0.2) is 0 Å². The van der Waals surface area contributed by atoms with Gasteiger partial charge in [-0.05, 0) is 19.8 Å². The van der Waals surface area contributed by atoms with Crippen LogP contribution in [0.1, 0.15) is 27.7 Å². The molecule has 3 N–H and O–H groups in total. The first-order chi connectivity index (χ1) is 8.10. The summed E-state index contributed by atoms with van der Waals surface area (Å²) in [4.78, 5) is 0. The monoisotopic (exact) mass is 254 g/mol. The summed E-state index contributed by atoms with van der Waals surface area (Å²) in [5.74, 6) is 0.571. The van der Waals surface area contributed by atoms with Crippen LogP contribution >= 0.6 is 0 Å². The molecule has 0 atom stereocenters. The molecule has 0 bridgehead atoms. The van der Waals surface area contributed by atoms with E-state index in [-0.39, 0.29) is 19.8 Å². The maximum absolute atomic E-state index is 8.25. The molecule has 0 fully saturated rings. The summed E-state index contributed by atoms with van der Waals surface area (Å²) >= 11 is 0. The number of hydrogen-bond donors (Lipinski definition) is 3. The molecule has 0 saturated heterocycles. The van der Waals surface area contributed by atoms with Crippen LogP contribution in [0.4, 0.5) is 0 Å². The van der Waals surface area contributed by atoms with Gasteiger partial charge < -0.3 is 24.8 Å². The predicted molar refractivity (Wildman–Crippen MR) is 69.1 cm³/mol. The number of aliphatic hydroxyl groups is 3. The van der Waals surface area contributed by atoms with Crippen molar-refractivity contribution in [3.63, 3.8) is 0 Å². The lowest BCUT2D eigenvalue weighted by molar-refractivity contribution is 0.0752. The Bertz CT molecular complexity index is 94.9. The Balaban J connectivity index is -0.000000188. The zero-order valence-corrected chi connectivity index (χ0v) is 11.7. The van der Waals surface area contributed by atoms with Gasteiger partial charge in [0.2, 0.25) is 0 Å². The minimum Gasteiger partial charge on any atom is -0.394 e. The van der Waals surface area contributed by atoms with Crippen LogP contribution in [0.5, 0.6) is 0 Å². The largest absolute Gasteiger partial charge is 0.394 e. The lowest BCUT2D eigenvalue weighted by Gasteiger charge is -2.03. The molecule has 0 aliphatic carbocycles. The molecular weight excluding hydrogens is 224 g/mol. The fourth-order valence-corrected chi connectivity index (χ4v) is 0.588. The van der Waals surface area contributed by atoms with E-state index in [0.717, 1.165) is 19.8 Å². The number of aliphatic hydroxyl groups excluding tert-OH is 3. The first-order valence-electron chi connectivity index (χ1n) is 6.08. The zero-order valence-electron chi connectivity index (χ0n) is 11.7. The third kappa shape index (κ3) is 49.5. The SMILES string of the molecule is CC(C)COCCO.CCOCC.OCCO. The summed E-state index contributed by atoms with van der Waals surface area (Å²) in [5.41, 5.74) is 0. The highest BCUT2D eigenvalue weighted by molar-refractivity contribution is 4.38. The van der Waals surface area contributed by atoms with Gasteiger partial charge in [-0.15, -0.1) is 0 Å². The topological polar surface area (TPSA) is 79.2 Å². The summed E-state index contributed by atoms with van der Waals surface area (Å²) < 4.78 is 9.83. The van der Waals surface area contributed by atoms with Gasteiger partial charge in [-0.2, -0.15) is 0 Å². The first-order valence-corrected chi connectivity index (χ1v) is 6.08. The van der Waals surface area contributed by atoms with Crippen LogP contribution in [0.2, 0.25) is 0 Å². The van der Waals surface area contributed by atoms with Crippen LogP contribution in [0.3, 0.4) is 0 Å². The molecule has 0 radical (unpaired) electrons. The Kier molecular flexibility index (Phi) is 32.2. The molecule has 0 amide bonds. The molecule has 5 heteroatoms. The van der Waals surface area contributed by atoms with Crippen LogP contribution < -0.4 is 0 Å². The Morgan fingerprint density at radius 2 is 1.29 bits per heavy atom. The zero-order chi connectivity index (χ0) is 13.9. The van der Waals surface area contributed by atoms with E-state index in [0.29, 0.717) is 12.5 Å². The van der Waals surface area contributed by atoms with Crippen LogP contribution in [-0.4, -0.2) is 61.6 Å². The standard InChI is InChI=1S/C6H14O2.C4H10O.C2H6O2/c1-6(2)5-8-4-3-7;1-3-5-4-2;3-1-2-4/h6-7H,3-5H2,1-2H3;3-4H2,1-2H3;3-4H,1-2H2. The first kappa shape index (κ1) is 22.0. The second-order valence-corrected chi connectivity index (χ2v) is 3.42. The molecule has 17 heavy (non-hydrogen) atoms. The van der Waals surface area contributed by atoms with E-state index in [1.807, 2.05) is 13.8 Å². The highest BCUT2D eigenvalue weighted by Gasteiger charge is 1.90. The van der Waals surface area contributed by atoms with Crippen molar-refractivity contribution in [1.29, 1.82) is 0 Å². The molecule has 0 aliphatic rings. The van der Waals surface area contributed by atoms with Gasteiger partial charge in [-0.1, -0.05) is 13.8 Å². The second-order valence-electron chi connectivity index (χ2n) is 3.42. The van der Waals surface area contributed by atoms with Crippen molar-refractivity contribution in [2.24, 2.45) is 5.92 Å². The van der Waals surface area contributed by atoms with Gasteiger partial charge in [0.15, 0.2) is 0 Å². The lowest BCUT2D eigenvalue weighted by atomic mass is 10.2. The van der Waals surface area contributed by atoms with Crippen molar-refractivity contribution in [3.05, 3.63) is 0 Å². The summed E-state index contributed by atoms with van der Waals surface area (Å²) in [7, 11) is 0. The summed E-state index contributed by atoms with van der Waals surface area (Å²) in [6.45, 7) is 10.9. The number of hydrogen-bond acceptors (Lipinski definition) is 5. The fraction of sp³-hybridized carbons (Fsp3) is 1.00. The van der Waals surface area contributed by atoms with Gasteiger partial charge in [0.25, 0.3) is 0 Å². The third-order valence-corrected chi connectivity index (χ3v) is 1.20. The Morgan fingerprint density at radius 1 is 0.824 bits per heavy atom. The van der Waals surface area contributed by atoms with Crippen molar-refractivity contribution >= 4 is 0 Å². The van der Waals surface area contributed by atoms with Crippen molar-refractivity contribution in [1.82, 2.24) is 0 Å². The Morgan fingerprint density at radius 3 is 1.47 bits per heavy atom. The molecule has 0 aromatic rings. The van der Waals surface area contributed by atoms with Gasteiger partial charge in [0, 0.05) is 19.8 Å². The molecule has 0 spiro atoms. The fourth-order valence-electron chi connectivity index (χ4n) is 0.588. The summed E-state index contributed by atoms with van der Waals surface area (Å²) in [5, 5.41) is 23.5. The molecule has 0 rings (SSSR count). The van der Waals surface area contributed by atoms with Crippen molar-refractivity contribution < 1.29 is 24.8 Å². The predicted octanol–water partition coefficient (Wildman–Crippen LogP) is 0.665. The van der Waals surface area contributed by atoms with E-state index in [2.05, 4.69) is 13.8 Å². The summed E-state index contributed by atoms with van der Waals surface area (Å²) in [6.07, 6.45) is 0. The molecule has 0 saturated carbocycles. The van der Waals surface area contributed by atoms with Gasteiger partial charge >= 0.3 is 0 Å². The van der Waals surface area contributed by atoms with Crippen molar-refractivity contribution in [2.45, 2.75) is 27.7 Å². The molecule has 0 aliphatic heterocycles. The quantitative estimate of drug-likeness (QED) is 0.582. The lowest BCUT2D eigenvalue weighted by Crippen LogP contribution is -2.05. The van der Waals surface area contributed by atoms with Gasteiger partial charge in [0.05, 0.1) is 26.4 Å². The highest BCUT2D eigenvalue weighted by atomic mass is 16.5. The number of ether oxygens (including phenoxy) is 2. The average Bonchev–Trinajstić information content (AvgIpc) is 2.31. The molecule has 5 nitrogen and oxygen atoms in total. The highest BCUT2D eigenvalue weighted by Crippen LogP contribution is 1.90. The number of rotatable bonds is 7. The van der Waals surface area contributed by atoms with E-state index < -0.39 is 0 Å². The summed E-state index contributed by atoms with van der Waals surface area (Å²) in [6, 6.07) is 0. The molecule has 0 heterocycles. The van der Waals surface area contributed by atoms with E-state index >= 15 is 0 Å². The normalized spacial score (nSPS) is 9.18. The smallest absolute Gasteiger partial charge is 0.0697 e. The third-order valence-electron chi connectivity index (χ3n) is 1.20. The maximum atomic E-state index is 8.25. The van der Waals surface area contributed by atoms with E-state index in [1.54, 1.807) is 0 Å². The van der Waals surface area contributed by atoms with E-state index in [9.17, 15) is 0 Å². The molecule has 0 aromatic carbocycles. The van der Waals surface area contributed by atoms with Crippen LogP contribution in [0.25, 0.3) is 0 Å². The maximum Gasteiger partial charge on any atom is 0.0697 e. The molecule has 0 aromatic heterocycles. The van der Waals surface area contributed by atoms with Crippen molar-refractivity contribution in [3.8, 4) is 0 Å². The van der Waals surface area contributed by atoms with Gasteiger partial charge in [-0.3, -0.25) is 0 Å². The molecule has 108 valence electrons. The van der Waals surface area contributed by atoms with Gasteiger partial charge in [-0.25, -0.2) is 0 Å². The average molecular weight is 254 g/mol. The van der Waals surface area contributed by atoms with Crippen LogP contribution in [0, 0.1) is 5.92 Å². The van der Waals surface area contributed by atoms with Crippen LogP contribution in [-0.2, 0) is 9.47 Å². The van der Waals surface area contributed by atoms with E-state index in [1.165, 1.54) is 0 Å². The second kappa shape index (κ2) is 24.9. The molecular formula is C12H30O5. The minimum absolute atomic E-state index is 0.125. The minimum atomic E-state index is -0.125. The van der Waals surface area contributed by atoms with Gasteiger partial charge in [0.1, 0.15) is 0 Å². The Labute approximate surface area is 105 Å². The Hall–Kier alpha value is -0.200. The molecule has 0 unspecified atom stereocenters. The van der Waals surface area contributed by atoms with Crippen molar-refractivity contribution in [2.75, 3.05) is 46.2 Å². The van der Waals surface area contributed by atoms with E-state index in [4.69, 9.17) is 24.8 Å².